The van der Waals surface area contributed by atoms with Gasteiger partial charge in [0.1, 0.15) is 0 Å². The average molecular weight is 253 g/mol. The van der Waals surface area contributed by atoms with Crippen LogP contribution in [0.1, 0.15) is 27.5 Å². The second-order valence-corrected chi connectivity index (χ2v) is 4.66. The summed E-state index contributed by atoms with van der Waals surface area (Å²) in [6.45, 7) is 0.799. The number of aromatic nitrogens is 1. The van der Waals surface area contributed by atoms with Gasteiger partial charge in [-0.3, -0.25) is 9.78 Å². The standard InChI is InChI=1S/C15H15N3O/c16-13-6-7-17-9-12(13)15(19)14-11-4-2-1-3-10(11)5-8-18-14/h1-4,6-7,9,14,18H,5,8H2,(H2,16,17). The number of anilines is 1. The number of nitrogen functional groups attached to an aromatic ring is 1. The van der Waals surface area contributed by atoms with Crippen LogP contribution < -0.4 is 11.1 Å². The summed E-state index contributed by atoms with van der Waals surface area (Å²) >= 11 is 0. The largest absolute Gasteiger partial charge is 0.398 e. The number of carbonyl (C=O) groups excluding carboxylic acids is 1. The third-order valence-corrected chi connectivity index (χ3v) is 3.49. The lowest BCUT2D eigenvalue weighted by atomic mass is 9.89. The van der Waals surface area contributed by atoms with E-state index < -0.39 is 0 Å². The van der Waals surface area contributed by atoms with Gasteiger partial charge in [0.05, 0.1) is 11.6 Å². The SMILES string of the molecule is Nc1ccncc1C(=O)C1NCCc2ccccc21. The van der Waals surface area contributed by atoms with Gasteiger partial charge in [-0.1, -0.05) is 24.3 Å². The Labute approximate surface area is 111 Å². The third kappa shape index (κ3) is 2.11. The molecule has 1 aliphatic heterocycles. The zero-order valence-electron chi connectivity index (χ0n) is 10.5. The number of pyridine rings is 1. The summed E-state index contributed by atoms with van der Waals surface area (Å²) in [5.41, 5.74) is 9.09. The molecule has 1 aliphatic rings. The first-order valence-corrected chi connectivity index (χ1v) is 6.32. The van der Waals surface area contributed by atoms with E-state index in [-0.39, 0.29) is 11.8 Å². The molecule has 1 aromatic heterocycles. The Hall–Kier alpha value is -2.20. The van der Waals surface area contributed by atoms with Gasteiger partial charge in [0.25, 0.3) is 0 Å². The van der Waals surface area contributed by atoms with Crippen LogP contribution in [0.3, 0.4) is 0 Å². The summed E-state index contributed by atoms with van der Waals surface area (Å²) in [6.07, 6.45) is 4.08. The Kier molecular flexibility index (Phi) is 3.01. The van der Waals surface area contributed by atoms with Crippen molar-refractivity contribution in [3.05, 3.63) is 59.4 Å². The van der Waals surface area contributed by atoms with Gasteiger partial charge in [-0.05, 0) is 23.6 Å². The molecule has 0 radical (unpaired) electrons. The van der Waals surface area contributed by atoms with Crippen LogP contribution in [0.2, 0.25) is 0 Å². The van der Waals surface area contributed by atoms with E-state index in [0.717, 1.165) is 18.5 Å². The van der Waals surface area contributed by atoms with Crippen LogP contribution in [0.15, 0.2) is 42.7 Å². The maximum Gasteiger partial charge on any atom is 0.187 e. The first-order valence-electron chi connectivity index (χ1n) is 6.32. The zero-order valence-corrected chi connectivity index (χ0v) is 10.5. The van der Waals surface area contributed by atoms with Crippen molar-refractivity contribution in [1.29, 1.82) is 0 Å². The number of nitrogens with two attached hydrogens (primary N) is 1. The quantitative estimate of drug-likeness (QED) is 0.800. The number of benzene rings is 1. The minimum absolute atomic E-state index is 0.0160. The second-order valence-electron chi connectivity index (χ2n) is 4.66. The predicted molar refractivity (Wildman–Crippen MR) is 73.9 cm³/mol. The molecule has 2 aromatic rings. The van der Waals surface area contributed by atoms with Gasteiger partial charge in [-0.15, -0.1) is 0 Å². The van der Waals surface area contributed by atoms with Crippen molar-refractivity contribution in [2.75, 3.05) is 12.3 Å². The number of carbonyl (C=O) groups is 1. The fourth-order valence-electron chi connectivity index (χ4n) is 2.51. The molecule has 3 N–H and O–H groups in total. The first-order chi connectivity index (χ1) is 9.27. The second kappa shape index (κ2) is 4.82. The van der Waals surface area contributed by atoms with E-state index in [1.54, 1.807) is 12.3 Å². The lowest BCUT2D eigenvalue weighted by Crippen LogP contribution is -2.35. The highest BCUT2D eigenvalue weighted by Crippen LogP contribution is 2.27. The molecule has 0 saturated carbocycles. The van der Waals surface area contributed by atoms with Crippen molar-refractivity contribution in [3.63, 3.8) is 0 Å². The minimum Gasteiger partial charge on any atom is -0.398 e. The van der Waals surface area contributed by atoms with Crippen LogP contribution in [0.25, 0.3) is 0 Å². The zero-order chi connectivity index (χ0) is 13.2. The Morgan fingerprint density at radius 1 is 1.32 bits per heavy atom. The van der Waals surface area contributed by atoms with E-state index in [4.69, 9.17) is 5.73 Å². The van der Waals surface area contributed by atoms with Gasteiger partial charge < -0.3 is 11.1 Å². The molecule has 4 heteroatoms. The monoisotopic (exact) mass is 253 g/mol. The fourth-order valence-corrected chi connectivity index (χ4v) is 2.51. The molecule has 0 fully saturated rings. The van der Waals surface area contributed by atoms with E-state index in [1.165, 1.54) is 11.8 Å². The number of hydrogen-bond acceptors (Lipinski definition) is 4. The highest BCUT2D eigenvalue weighted by Gasteiger charge is 2.27. The molecule has 4 nitrogen and oxygen atoms in total. The Bertz CT molecular complexity index is 624. The molecule has 0 amide bonds. The summed E-state index contributed by atoms with van der Waals surface area (Å²) in [7, 11) is 0. The lowest BCUT2D eigenvalue weighted by Gasteiger charge is -2.26. The molecule has 0 spiro atoms. The Morgan fingerprint density at radius 3 is 3.00 bits per heavy atom. The van der Waals surface area contributed by atoms with Gasteiger partial charge in [-0.2, -0.15) is 0 Å². The lowest BCUT2D eigenvalue weighted by molar-refractivity contribution is 0.0940. The summed E-state index contributed by atoms with van der Waals surface area (Å²) in [6, 6.07) is 9.36. The van der Waals surface area contributed by atoms with Crippen LogP contribution in [0.5, 0.6) is 0 Å². The molecule has 19 heavy (non-hydrogen) atoms. The van der Waals surface area contributed by atoms with E-state index in [0.29, 0.717) is 11.3 Å². The first kappa shape index (κ1) is 11.9. The van der Waals surface area contributed by atoms with Gasteiger partial charge in [0.15, 0.2) is 5.78 Å². The number of nitrogens with zero attached hydrogens (tertiary/aromatic N) is 1. The topological polar surface area (TPSA) is 68.0 Å². The number of ketones is 1. The van der Waals surface area contributed by atoms with E-state index >= 15 is 0 Å². The molecule has 0 aliphatic carbocycles. The number of fused-ring (bicyclic) bond motifs is 1. The van der Waals surface area contributed by atoms with Crippen molar-refractivity contribution < 1.29 is 4.79 Å². The van der Waals surface area contributed by atoms with Gasteiger partial charge >= 0.3 is 0 Å². The number of nitrogens with one attached hydrogen (secondary N) is 1. The molecule has 3 rings (SSSR count). The Balaban J connectivity index is 2.00. The smallest absolute Gasteiger partial charge is 0.187 e. The minimum atomic E-state index is -0.323. The molecule has 1 unspecified atom stereocenters. The van der Waals surface area contributed by atoms with E-state index in [1.807, 2.05) is 18.2 Å². The molecule has 96 valence electrons. The molecule has 1 aromatic carbocycles. The predicted octanol–water partition coefficient (Wildman–Crippen LogP) is 1.73. The van der Waals surface area contributed by atoms with Crippen LogP contribution in [-0.2, 0) is 6.42 Å². The van der Waals surface area contributed by atoms with E-state index in [2.05, 4.69) is 16.4 Å². The van der Waals surface area contributed by atoms with Crippen LogP contribution in [-0.4, -0.2) is 17.3 Å². The van der Waals surface area contributed by atoms with Crippen molar-refractivity contribution in [3.8, 4) is 0 Å². The maximum atomic E-state index is 12.6. The fraction of sp³-hybridized carbons (Fsp3) is 0.200. The van der Waals surface area contributed by atoms with Crippen LogP contribution in [0.4, 0.5) is 5.69 Å². The van der Waals surface area contributed by atoms with Gasteiger partial charge in [-0.25, -0.2) is 0 Å². The average Bonchev–Trinajstić information content (AvgIpc) is 2.46. The van der Waals surface area contributed by atoms with Crippen molar-refractivity contribution >= 4 is 11.5 Å². The van der Waals surface area contributed by atoms with Crippen LogP contribution >= 0.6 is 0 Å². The molecular formula is C15H15N3O. The van der Waals surface area contributed by atoms with Crippen molar-refractivity contribution in [2.24, 2.45) is 0 Å². The highest BCUT2D eigenvalue weighted by atomic mass is 16.1. The van der Waals surface area contributed by atoms with Crippen molar-refractivity contribution in [2.45, 2.75) is 12.5 Å². The normalized spacial score (nSPS) is 17.8. The van der Waals surface area contributed by atoms with Gasteiger partial charge in [0.2, 0.25) is 0 Å². The summed E-state index contributed by atoms with van der Waals surface area (Å²) in [4.78, 5) is 16.6. The summed E-state index contributed by atoms with van der Waals surface area (Å²) in [5.74, 6) is -0.0160. The van der Waals surface area contributed by atoms with E-state index in [9.17, 15) is 4.79 Å². The molecule has 1 atom stereocenters. The van der Waals surface area contributed by atoms with Crippen molar-refractivity contribution in [1.82, 2.24) is 10.3 Å². The molecular weight excluding hydrogens is 238 g/mol. The number of rotatable bonds is 2. The summed E-state index contributed by atoms with van der Waals surface area (Å²) < 4.78 is 0. The number of Topliss-reactive ketones (excluding diaryl/α,β-unsaturated/α-hetero) is 1. The van der Waals surface area contributed by atoms with Gasteiger partial charge in [0, 0.05) is 24.6 Å². The summed E-state index contributed by atoms with van der Waals surface area (Å²) in [5, 5.41) is 3.27. The van der Waals surface area contributed by atoms with Crippen LogP contribution in [0, 0.1) is 0 Å². The molecule has 2 heterocycles. The number of hydrogen-bond donors (Lipinski definition) is 2. The highest BCUT2D eigenvalue weighted by molar-refractivity contribution is 6.04. The maximum absolute atomic E-state index is 12.6. The third-order valence-electron chi connectivity index (χ3n) is 3.49. The molecule has 0 bridgehead atoms. The molecule has 0 saturated heterocycles. The Morgan fingerprint density at radius 2 is 2.16 bits per heavy atom.